The molecule has 1 N–H and O–H groups in total. The normalized spacial score (nSPS) is 12.3. The van der Waals surface area contributed by atoms with E-state index in [1.54, 1.807) is 6.07 Å². The van der Waals surface area contributed by atoms with Crippen molar-refractivity contribution in [3.8, 4) is 0 Å². The Morgan fingerprint density at radius 1 is 1.43 bits per heavy atom. The molecule has 1 atom stereocenters. The lowest BCUT2D eigenvalue weighted by Crippen LogP contribution is -2.27. The molecule has 0 bridgehead atoms. The van der Waals surface area contributed by atoms with Crippen LogP contribution in [0.3, 0.4) is 0 Å². The predicted molar refractivity (Wildman–Crippen MR) is 89.0 cm³/mol. The lowest BCUT2D eigenvalue weighted by molar-refractivity contribution is -0.121. The zero-order chi connectivity index (χ0) is 17.1. The van der Waals surface area contributed by atoms with E-state index < -0.39 is 5.82 Å². The number of nitrogens with zero attached hydrogens (tertiary/aromatic N) is 2. The highest BCUT2D eigenvalue weighted by Crippen LogP contribution is 2.21. The number of aryl methyl sites for hydroxylation is 2. The van der Waals surface area contributed by atoms with Crippen molar-refractivity contribution in [3.05, 3.63) is 51.6 Å². The minimum absolute atomic E-state index is 0.0550. The molecule has 6 heteroatoms. The fourth-order valence-electron chi connectivity index (χ4n) is 2.60. The SMILES string of the molecule is Cc1nn(C)c(C)c1CCC(=O)N[C@H](C)c1ccc(F)c(Cl)c1. The summed E-state index contributed by atoms with van der Waals surface area (Å²) in [5, 5.41) is 7.32. The Kier molecular flexibility index (Phi) is 5.42. The molecule has 0 aliphatic rings. The van der Waals surface area contributed by atoms with Gasteiger partial charge in [0.05, 0.1) is 16.8 Å². The van der Waals surface area contributed by atoms with Crippen molar-refractivity contribution in [3.63, 3.8) is 0 Å². The van der Waals surface area contributed by atoms with Crippen LogP contribution < -0.4 is 5.32 Å². The van der Waals surface area contributed by atoms with Gasteiger partial charge in [-0.05, 0) is 50.5 Å². The van der Waals surface area contributed by atoms with E-state index in [4.69, 9.17) is 11.6 Å². The average molecular weight is 338 g/mol. The molecule has 1 aromatic carbocycles. The molecule has 0 unspecified atom stereocenters. The first-order valence-electron chi connectivity index (χ1n) is 7.53. The summed E-state index contributed by atoms with van der Waals surface area (Å²) in [6, 6.07) is 4.25. The van der Waals surface area contributed by atoms with Crippen LogP contribution in [0.1, 0.15) is 41.9 Å². The topological polar surface area (TPSA) is 46.9 Å². The van der Waals surface area contributed by atoms with Gasteiger partial charge in [0.2, 0.25) is 5.91 Å². The smallest absolute Gasteiger partial charge is 0.220 e. The van der Waals surface area contributed by atoms with Crippen LogP contribution in [0.2, 0.25) is 5.02 Å². The summed E-state index contributed by atoms with van der Waals surface area (Å²) in [4.78, 5) is 12.1. The first-order chi connectivity index (χ1) is 10.8. The fraction of sp³-hybridized carbons (Fsp3) is 0.412. The van der Waals surface area contributed by atoms with Crippen molar-refractivity contribution in [2.24, 2.45) is 7.05 Å². The van der Waals surface area contributed by atoms with E-state index >= 15 is 0 Å². The van der Waals surface area contributed by atoms with Crippen LogP contribution >= 0.6 is 11.6 Å². The number of aromatic nitrogens is 2. The monoisotopic (exact) mass is 337 g/mol. The summed E-state index contributed by atoms with van der Waals surface area (Å²) in [5.41, 5.74) is 3.92. The maximum Gasteiger partial charge on any atom is 0.220 e. The van der Waals surface area contributed by atoms with Gasteiger partial charge >= 0.3 is 0 Å². The number of hydrogen-bond acceptors (Lipinski definition) is 2. The molecule has 0 saturated heterocycles. The van der Waals surface area contributed by atoms with E-state index in [1.165, 1.54) is 12.1 Å². The molecule has 0 aliphatic heterocycles. The van der Waals surface area contributed by atoms with Crippen molar-refractivity contribution < 1.29 is 9.18 Å². The summed E-state index contributed by atoms with van der Waals surface area (Å²) in [5.74, 6) is -0.517. The van der Waals surface area contributed by atoms with E-state index in [0.717, 1.165) is 22.5 Å². The minimum atomic E-state index is -0.462. The van der Waals surface area contributed by atoms with Crippen LogP contribution in [0.5, 0.6) is 0 Å². The number of carbonyl (C=O) groups excluding carboxylic acids is 1. The van der Waals surface area contributed by atoms with Gasteiger partial charge in [0.1, 0.15) is 5.82 Å². The molecule has 1 heterocycles. The third kappa shape index (κ3) is 4.10. The van der Waals surface area contributed by atoms with Gasteiger partial charge < -0.3 is 5.32 Å². The Morgan fingerprint density at radius 3 is 2.70 bits per heavy atom. The second-order valence-corrected chi connectivity index (χ2v) is 6.14. The Hall–Kier alpha value is -1.88. The Morgan fingerprint density at radius 2 is 2.13 bits per heavy atom. The van der Waals surface area contributed by atoms with Gasteiger partial charge in [-0.1, -0.05) is 17.7 Å². The lowest BCUT2D eigenvalue weighted by Gasteiger charge is -2.15. The van der Waals surface area contributed by atoms with Crippen LogP contribution in [-0.4, -0.2) is 15.7 Å². The lowest BCUT2D eigenvalue weighted by atomic mass is 10.1. The molecule has 124 valence electrons. The molecule has 1 amide bonds. The van der Waals surface area contributed by atoms with Crippen molar-refractivity contribution in [1.29, 1.82) is 0 Å². The van der Waals surface area contributed by atoms with Gasteiger partial charge in [-0.2, -0.15) is 5.10 Å². The van der Waals surface area contributed by atoms with E-state index in [0.29, 0.717) is 12.8 Å². The number of nitrogens with one attached hydrogen (secondary N) is 1. The second kappa shape index (κ2) is 7.13. The zero-order valence-electron chi connectivity index (χ0n) is 13.8. The molecular weight excluding hydrogens is 317 g/mol. The van der Waals surface area contributed by atoms with E-state index in [2.05, 4.69) is 10.4 Å². The molecule has 0 saturated carbocycles. The van der Waals surface area contributed by atoms with Crippen LogP contribution in [0.15, 0.2) is 18.2 Å². The quantitative estimate of drug-likeness (QED) is 0.905. The van der Waals surface area contributed by atoms with Crippen LogP contribution in [-0.2, 0) is 18.3 Å². The highest BCUT2D eigenvalue weighted by Gasteiger charge is 2.14. The molecule has 2 aromatic rings. The van der Waals surface area contributed by atoms with Crippen LogP contribution in [0.25, 0.3) is 0 Å². The molecular formula is C17H21ClFN3O. The van der Waals surface area contributed by atoms with Crippen LogP contribution in [0, 0.1) is 19.7 Å². The number of benzene rings is 1. The summed E-state index contributed by atoms with van der Waals surface area (Å²) in [7, 11) is 1.90. The largest absolute Gasteiger partial charge is 0.350 e. The van der Waals surface area contributed by atoms with Gasteiger partial charge in [0, 0.05) is 19.2 Å². The van der Waals surface area contributed by atoms with Crippen LogP contribution in [0.4, 0.5) is 4.39 Å². The molecule has 0 aliphatic carbocycles. The minimum Gasteiger partial charge on any atom is -0.350 e. The summed E-state index contributed by atoms with van der Waals surface area (Å²) < 4.78 is 15.0. The molecule has 23 heavy (non-hydrogen) atoms. The molecule has 4 nitrogen and oxygen atoms in total. The molecule has 0 fully saturated rings. The first kappa shape index (κ1) is 17.5. The standard InChI is InChI=1S/C17H21ClFN3O/c1-10(13-5-7-16(19)15(18)9-13)20-17(23)8-6-14-11(2)21-22(4)12(14)3/h5,7,9-10H,6,8H2,1-4H3,(H,20,23)/t10-/m1/s1. The Balaban J connectivity index is 1.95. The maximum atomic E-state index is 13.2. The van der Waals surface area contributed by atoms with Crippen molar-refractivity contribution >= 4 is 17.5 Å². The van der Waals surface area contributed by atoms with Gasteiger partial charge in [0.15, 0.2) is 0 Å². The fourth-order valence-corrected chi connectivity index (χ4v) is 2.79. The number of rotatable bonds is 5. The third-order valence-electron chi connectivity index (χ3n) is 4.08. The van der Waals surface area contributed by atoms with Gasteiger partial charge in [-0.25, -0.2) is 4.39 Å². The summed E-state index contributed by atoms with van der Waals surface area (Å²) >= 11 is 5.78. The van der Waals surface area contributed by atoms with Crippen molar-refractivity contribution in [2.45, 2.75) is 39.7 Å². The van der Waals surface area contributed by atoms with E-state index in [-0.39, 0.29) is 17.0 Å². The number of amides is 1. The van der Waals surface area contributed by atoms with Gasteiger partial charge in [-0.15, -0.1) is 0 Å². The van der Waals surface area contributed by atoms with E-state index in [9.17, 15) is 9.18 Å². The average Bonchev–Trinajstić information content (AvgIpc) is 2.73. The number of halogens is 2. The molecule has 2 rings (SSSR count). The first-order valence-corrected chi connectivity index (χ1v) is 7.90. The maximum absolute atomic E-state index is 13.2. The Bertz CT molecular complexity index is 727. The number of carbonyl (C=O) groups is 1. The summed E-state index contributed by atoms with van der Waals surface area (Å²) in [6.45, 7) is 5.79. The molecule has 0 spiro atoms. The molecule has 0 radical (unpaired) electrons. The highest BCUT2D eigenvalue weighted by molar-refractivity contribution is 6.30. The Labute approximate surface area is 140 Å². The predicted octanol–water partition coefficient (Wildman–Crippen LogP) is 3.64. The highest BCUT2D eigenvalue weighted by atomic mass is 35.5. The molecule has 1 aromatic heterocycles. The van der Waals surface area contributed by atoms with Crippen molar-refractivity contribution in [2.75, 3.05) is 0 Å². The number of hydrogen-bond donors (Lipinski definition) is 1. The van der Waals surface area contributed by atoms with E-state index in [1.807, 2.05) is 32.5 Å². The van der Waals surface area contributed by atoms with Gasteiger partial charge in [-0.3, -0.25) is 9.48 Å². The second-order valence-electron chi connectivity index (χ2n) is 5.74. The third-order valence-corrected chi connectivity index (χ3v) is 4.37. The summed E-state index contributed by atoms with van der Waals surface area (Å²) in [6.07, 6.45) is 1.03. The van der Waals surface area contributed by atoms with Crippen molar-refractivity contribution in [1.82, 2.24) is 15.1 Å². The zero-order valence-corrected chi connectivity index (χ0v) is 14.5. The van der Waals surface area contributed by atoms with Gasteiger partial charge in [0.25, 0.3) is 0 Å².